The molecule has 0 aliphatic rings. The van der Waals surface area contributed by atoms with E-state index in [9.17, 15) is 0 Å². The van der Waals surface area contributed by atoms with Crippen LogP contribution in [0.3, 0.4) is 0 Å². The summed E-state index contributed by atoms with van der Waals surface area (Å²) in [7, 11) is 0. The van der Waals surface area contributed by atoms with Gasteiger partial charge in [0.25, 0.3) is 0 Å². The Bertz CT molecular complexity index is 292. The van der Waals surface area contributed by atoms with Crippen LogP contribution in [0, 0.1) is 6.92 Å². The molecule has 0 spiro atoms. The first kappa shape index (κ1) is 7.30. The molecular weight excluding hydrogens is 144 g/mol. The molecule has 0 amide bonds. The van der Waals surface area contributed by atoms with Gasteiger partial charge in [0.15, 0.2) is 0 Å². The Balaban J connectivity index is 3.18. The van der Waals surface area contributed by atoms with Gasteiger partial charge in [0.1, 0.15) is 5.82 Å². The third-order valence-electron chi connectivity index (χ3n) is 1.01. The quantitative estimate of drug-likeness (QED) is 0.371. The average Bonchev–Trinajstić information content (AvgIpc) is 1.85. The van der Waals surface area contributed by atoms with E-state index in [0.29, 0.717) is 5.69 Å². The van der Waals surface area contributed by atoms with Crippen molar-refractivity contribution in [3.8, 4) is 0 Å². The van der Waals surface area contributed by atoms with Gasteiger partial charge < -0.3 is 5.73 Å². The van der Waals surface area contributed by atoms with Crippen LogP contribution in [-0.2, 0) is 0 Å². The normalized spacial score (nSPS) is 8.82. The lowest BCUT2D eigenvalue weighted by Gasteiger charge is -1.94. The highest BCUT2D eigenvalue weighted by Gasteiger charge is 1.94. The van der Waals surface area contributed by atoms with E-state index in [2.05, 4.69) is 20.0 Å². The van der Waals surface area contributed by atoms with Crippen molar-refractivity contribution in [1.29, 1.82) is 0 Å². The number of nitrogen functional groups attached to an aromatic ring is 1. The molecule has 6 heteroatoms. The highest BCUT2D eigenvalue weighted by Crippen LogP contribution is 2.10. The van der Waals surface area contributed by atoms with E-state index >= 15 is 0 Å². The van der Waals surface area contributed by atoms with Crippen LogP contribution < -0.4 is 5.73 Å². The van der Waals surface area contributed by atoms with Crippen LogP contribution in [0.4, 0.5) is 11.8 Å². The van der Waals surface area contributed by atoms with Crippen LogP contribution in [0.5, 0.6) is 0 Å². The average molecular weight is 150 g/mol. The predicted octanol–water partition coefficient (Wildman–Crippen LogP) is 1.31. The van der Waals surface area contributed by atoms with Crippen molar-refractivity contribution in [1.82, 2.24) is 9.97 Å². The standard InChI is InChI=1S/C5H6N6/c1-3-2-4(10-11-7)9-5(6)8-3/h2H,1H3,(H2,6,8,9). The van der Waals surface area contributed by atoms with Gasteiger partial charge >= 0.3 is 0 Å². The second kappa shape index (κ2) is 2.85. The fourth-order valence-electron chi connectivity index (χ4n) is 0.671. The van der Waals surface area contributed by atoms with Crippen molar-refractivity contribution in [3.05, 3.63) is 22.2 Å². The van der Waals surface area contributed by atoms with Gasteiger partial charge in [-0.1, -0.05) is 0 Å². The maximum absolute atomic E-state index is 8.06. The summed E-state index contributed by atoms with van der Waals surface area (Å²) in [6.45, 7) is 1.74. The van der Waals surface area contributed by atoms with Crippen molar-refractivity contribution in [3.63, 3.8) is 0 Å². The van der Waals surface area contributed by atoms with Crippen LogP contribution in [0.1, 0.15) is 5.69 Å². The number of aromatic nitrogens is 2. The van der Waals surface area contributed by atoms with Gasteiger partial charge in [-0.05, 0) is 23.6 Å². The molecule has 0 aliphatic carbocycles. The monoisotopic (exact) mass is 150 g/mol. The first-order valence-corrected chi connectivity index (χ1v) is 2.88. The van der Waals surface area contributed by atoms with Gasteiger partial charge in [-0.3, -0.25) is 0 Å². The van der Waals surface area contributed by atoms with Gasteiger partial charge in [-0.2, -0.15) is 0 Å². The van der Waals surface area contributed by atoms with E-state index in [1.54, 1.807) is 13.0 Å². The minimum atomic E-state index is 0.118. The summed E-state index contributed by atoms with van der Waals surface area (Å²) in [6.07, 6.45) is 0. The highest BCUT2D eigenvalue weighted by molar-refractivity contribution is 5.34. The summed E-state index contributed by atoms with van der Waals surface area (Å²) < 4.78 is 0. The topological polar surface area (TPSA) is 101 Å². The summed E-state index contributed by atoms with van der Waals surface area (Å²) in [5, 5.41) is 3.28. The minimum Gasteiger partial charge on any atom is -0.368 e. The first-order valence-electron chi connectivity index (χ1n) is 2.88. The SMILES string of the molecule is Cc1cc(N=[N+]=[N-])nc(N)n1. The number of hydrogen-bond donors (Lipinski definition) is 1. The molecule has 1 rings (SSSR count). The van der Waals surface area contributed by atoms with E-state index in [4.69, 9.17) is 11.3 Å². The van der Waals surface area contributed by atoms with E-state index < -0.39 is 0 Å². The lowest BCUT2D eigenvalue weighted by molar-refractivity contribution is 1.10. The van der Waals surface area contributed by atoms with Crippen molar-refractivity contribution in [2.75, 3.05) is 5.73 Å². The summed E-state index contributed by atoms with van der Waals surface area (Å²) in [5.41, 5.74) is 14.0. The van der Waals surface area contributed by atoms with Gasteiger partial charge in [-0.15, -0.1) is 0 Å². The lowest BCUT2D eigenvalue weighted by atomic mass is 10.4. The molecule has 1 aromatic rings. The molecule has 0 bridgehead atoms. The van der Waals surface area contributed by atoms with Crippen molar-refractivity contribution >= 4 is 11.8 Å². The molecule has 0 aromatic carbocycles. The van der Waals surface area contributed by atoms with E-state index in [0.717, 1.165) is 0 Å². The summed E-state index contributed by atoms with van der Waals surface area (Å²) in [4.78, 5) is 10.0. The third-order valence-corrected chi connectivity index (χ3v) is 1.01. The Morgan fingerprint density at radius 1 is 1.64 bits per heavy atom. The second-order valence-corrected chi connectivity index (χ2v) is 1.92. The maximum Gasteiger partial charge on any atom is 0.220 e. The fourth-order valence-corrected chi connectivity index (χ4v) is 0.671. The van der Waals surface area contributed by atoms with Gasteiger partial charge in [-0.25, -0.2) is 9.97 Å². The van der Waals surface area contributed by atoms with Crippen LogP contribution in [0.15, 0.2) is 11.2 Å². The molecule has 0 fully saturated rings. The van der Waals surface area contributed by atoms with Gasteiger partial charge in [0, 0.05) is 10.6 Å². The summed E-state index contributed by atoms with van der Waals surface area (Å²) in [5.74, 6) is 0.366. The molecule has 56 valence electrons. The van der Waals surface area contributed by atoms with Crippen LogP contribution in [0.2, 0.25) is 0 Å². The van der Waals surface area contributed by atoms with E-state index in [-0.39, 0.29) is 11.8 Å². The Hall–Kier alpha value is -1.81. The van der Waals surface area contributed by atoms with Crippen molar-refractivity contribution in [2.24, 2.45) is 5.11 Å². The molecule has 1 heterocycles. The van der Waals surface area contributed by atoms with Crippen LogP contribution in [0.25, 0.3) is 10.4 Å². The smallest absolute Gasteiger partial charge is 0.220 e. The Morgan fingerprint density at radius 2 is 2.36 bits per heavy atom. The van der Waals surface area contributed by atoms with Crippen LogP contribution >= 0.6 is 0 Å². The largest absolute Gasteiger partial charge is 0.368 e. The van der Waals surface area contributed by atoms with E-state index in [1.807, 2.05) is 0 Å². The number of aryl methyl sites for hydroxylation is 1. The number of azide groups is 1. The number of rotatable bonds is 1. The molecule has 0 radical (unpaired) electrons. The zero-order valence-electron chi connectivity index (χ0n) is 5.89. The summed E-state index contributed by atoms with van der Waals surface area (Å²) >= 11 is 0. The predicted molar refractivity (Wildman–Crippen MR) is 40.0 cm³/mol. The molecule has 0 saturated heterocycles. The molecule has 0 unspecified atom stereocenters. The zero-order valence-corrected chi connectivity index (χ0v) is 5.89. The molecule has 0 atom stereocenters. The number of nitrogens with zero attached hydrogens (tertiary/aromatic N) is 5. The fraction of sp³-hybridized carbons (Fsp3) is 0.200. The molecule has 2 N–H and O–H groups in total. The molecule has 1 aromatic heterocycles. The van der Waals surface area contributed by atoms with Crippen molar-refractivity contribution in [2.45, 2.75) is 6.92 Å². The molecule has 0 aliphatic heterocycles. The first-order chi connectivity index (χ1) is 5.22. The number of hydrogen-bond acceptors (Lipinski definition) is 4. The van der Waals surface area contributed by atoms with Crippen LogP contribution in [-0.4, -0.2) is 9.97 Å². The Labute approximate surface area is 62.7 Å². The number of anilines is 1. The lowest BCUT2D eigenvalue weighted by Crippen LogP contribution is -1.95. The third kappa shape index (κ3) is 1.80. The maximum atomic E-state index is 8.06. The second-order valence-electron chi connectivity index (χ2n) is 1.92. The van der Waals surface area contributed by atoms with Crippen molar-refractivity contribution < 1.29 is 0 Å². The molecular formula is C5H6N6. The highest BCUT2D eigenvalue weighted by atomic mass is 15.2. The molecule has 11 heavy (non-hydrogen) atoms. The van der Waals surface area contributed by atoms with Gasteiger partial charge in [0.05, 0.1) is 0 Å². The Morgan fingerprint density at radius 3 is 2.91 bits per heavy atom. The zero-order chi connectivity index (χ0) is 8.27. The molecule has 0 saturated carbocycles. The minimum absolute atomic E-state index is 0.118. The Kier molecular flexibility index (Phi) is 1.89. The summed E-state index contributed by atoms with van der Waals surface area (Å²) in [6, 6.07) is 1.55. The molecule has 6 nitrogen and oxygen atoms in total. The van der Waals surface area contributed by atoms with E-state index in [1.165, 1.54) is 0 Å². The van der Waals surface area contributed by atoms with Gasteiger partial charge in [0.2, 0.25) is 5.95 Å². The number of nitrogens with two attached hydrogens (primary N) is 1.